The minimum absolute atomic E-state index is 0.0000322. The molecule has 0 amide bonds. The lowest BCUT2D eigenvalue weighted by Gasteiger charge is -2.07. The van der Waals surface area contributed by atoms with Crippen LogP contribution in [0, 0.1) is 11.3 Å². The van der Waals surface area contributed by atoms with Crippen molar-refractivity contribution in [3.63, 3.8) is 0 Å². The largest absolute Gasteiger partial charge is 0.508 e. The summed E-state index contributed by atoms with van der Waals surface area (Å²) in [4.78, 5) is 0. The maximum absolute atomic E-state index is 9.38. The first-order valence-corrected chi connectivity index (χ1v) is 5.70. The molecule has 2 aromatic carbocycles. The monoisotopic (exact) mass is 279 g/mol. The molecule has 0 saturated heterocycles. The maximum Gasteiger partial charge on any atom is 0.132 e. The second-order valence-electron chi connectivity index (χ2n) is 3.53. The van der Waals surface area contributed by atoms with Gasteiger partial charge >= 0.3 is 0 Å². The van der Waals surface area contributed by atoms with Gasteiger partial charge in [-0.1, -0.05) is 23.2 Å². The van der Waals surface area contributed by atoms with Gasteiger partial charge in [-0.15, -0.1) is 0 Å². The van der Waals surface area contributed by atoms with Crippen LogP contribution in [0.25, 0.3) is 0 Å². The van der Waals surface area contributed by atoms with E-state index in [9.17, 15) is 5.11 Å². The zero-order valence-corrected chi connectivity index (χ0v) is 10.5. The molecule has 0 unspecified atom stereocenters. The van der Waals surface area contributed by atoms with E-state index in [4.69, 9.17) is 33.2 Å². The smallest absolute Gasteiger partial charge is 0.132 e. The lowest BCUT2D eigenvalue weighted by atomic mass is 10.2. The Morgan fingerprint density at radius 2 is 1.56 bits per heavy atom. The van der Waals surface area contributed by atoms with Gasteiger partial charge in [0, 0.05) is 16.1 Å². The summed E-state index contributed by atoms with van der Waals surface area (Å²) < 4.78 is 5.48. The lowest BCUT2D eigenvalue weighted by Crippen LogP contribution is -1.86. The van der Waals surface area contributed by atoms with Crippen molar-refractivity contribution in [1.82, 2.24) is 0 Å². The molecule has 0 atom stereocenters. The van der Waals surface area contributed by atoms with Crippen molar-refractivity contribution in [1.29, 1.82) is 5.26 Å². The first-order valence-electron chi connectivity index (χ1n) is 4.95. The van der Waals surface area contributed by atoms with Crippen LogP contribution in [0.2, 0.25) is 10.0 Å². The summed E-state index contributed by atoms with van der Waals surface area (Å²) >= 11 is 11.6. The van der Waals surface area contributed by atoms with Crippen LogP contribution >= 0.6 is 23.2 Å². The molecule has 0 aliphatic carbocycles. The van der Waals surface area contributed by atoms with Gasteiger partial charge < -0.3 is 9.84 Å². The molecule has 2 aromatic rings. The summed E-state index contributed by atoms with van der Waals surface area (Å²) in [7, 11) is 0. The van der Waals surface area contributed by atoms with E-state index in [1.165, 1.54) is 18.2 Å². The number of ether oxygens (including phenoxy) is 1. The van der Waals surface area contributed by atoms with Gasteiger partial charge in [-0.2, -0.15) is 5.26 Å². The number of nitrogens with zero attached hydrogens (tertiary/aromatic N) is 1. The standard InChI is InChI=1S/C13H7Cl2NO2/c14-9-1-8(7-16)2-12(4-9)18-13-5-10(15)3-11(17)6-13/h1-6,17H. The minimum atomic E-state index is 0.0000322. The Hall–Kier alpha value is -1.89. The topological polar surface area (TPSA) is 53.2 Å². The number of benzene rings is 2. The Morgan fingerprint density at radius 1 is 0.944 bits per heavy atom. The van der Waals surface area contributed by atoms with Gasteiger partial charge in [0.2, 0.25) is 0 Å². The third-order valence-electron chi connectivity index (χ3n) is 2.09. The van der Waals surface area contributed by atoms with Crippen molar-refractivity contribution in [2.24, 2.45) is 0 Å². The molecule has 1 N–H and O–H groups in total. The molecular weight excluding hydrogens is 273 g/mol. The van der Waals surface area contributed by atoms with Crippen LogP contribution in [-0.2, 0) is 0 Å². The Bertz CT molecular complexity index is 615. The molecule has 18 heavy (non-hydrogen) atoms. The van der Waals surface area contributed by atoms with Crippen LogP contribution in [0.3, 0.4) is 0 Å². The fraction of sp³-hybridized carbons (Fsp3) is 0. The van der Waals surface area contributed by atoms with E-state index in [2.05, 4.69) is 0 Å². The highest BCUT2D eigenvalue weighted by atomic mass is 35.5. The molecule has 0 aliphatic heterocycles. The SMILES string of the molecule is N#Cc1cc(Cl)cc(Oc2cc(O)cc(Cl)c2)c1. The lowest BCUT2D eigenvalue weighted by molar-refractivity contribution is 0.455. The summed E-state index contributed by atoms with van der Waals surface area (Å²) in [5, 5.41) is 19.0. The molecule has 3 nitrogen and oxygen atoms in total. The Labute approximate surface area is 114 Å². The molecule has 0 saturated carbocycles. The van der Waals surface area contributed by atoms with Crippen LogP contribution in [0.4, 0.5) is 0 Å². The van der Waals surface area contributed by atoms with Crippen LogP contribution < -0.4 is 4.74 Å². The Kier molecular flexibility index (Phi) is 3.61. The van der Waals surface area contributed by atoms with Gasteiger partial charge in [0.1, 0.15) is 17.2 Å². The van der Waals surface area contributed by atoms with E-state index in [-0.39, 0.29) is 5.75 Å². The van der Waals surface area contributed by atoms with E-state index >= 15 is 0 Å². The van der Waals surface area contributed by atoms with Gasteiger partial charge in [-0.3, -0.25) is 0 Å². The molecule has 0 aromatic heterocycles. The number of hydrogen-bond acceptors (Lipinski definition) is 3. The van der Waals surface area contributed by atoms with Gasteiger partial charge in [0.15, 0.2) is 0 Å². The van der Waals surface area contributed by atoms with Crippen molar-refractivity contribution in [3.05, 3.63) is 52.0 Å². The van der Waals surface area contributed by atoms with Crippen molar-refractivity contribution >= 4 is 23.2 Å². The van der Waals surface area contributed by atoms with Crippen molar-refractivity contribution < 1.29 is 9.84 Å². The third kappa shape index (κ3) is 3.07. The number of phenols is 1. The normalized spacial score (nSPS) is 9.83. The number of rotatable bonds is 2. The van der Waals surface area contributed by atoms with Gasteiger partial charge in [0.05, 0.1) is 11.6 Å². The van der Waals surface area contributed by atoms with Crippen molar-refractivity contribution in [3.8, 4) is 23.3 Å². The predicted octanol–water partition coefficient (Wildman–Crippen LogP) is 4.36. The molecule has 0 fully saturated rings. The minimum Gasteiger partial charge on any atom is -0.508 e. The Morgan fingerprint density at radius 3 is 2.17 bits per heavy atom. The summed E-state index contributed by atoms with van der Waals surface area (Å²) in [6, 6.07) is 11.0. The number of hydrogen-bond donors (Lipinski definition) is 1. The molecule has 5 heteroatoms. The predicted molar refractivity (Wildman–Crippen MR) is 69.4 cm³/mol. The molecule has 0 radical (unpaired) electrons. The first-order chi connectivity index (χ1) is 8.56. The van der Waals surface area contributed by atoms with Gasteiger partial charge in [-0.25, -0.2) is 0 Å². The van der Waals surface area contributed by atoms with Crippen LogP contribution in [0.1, 0.15) is 5.56 Å². The average molecular weight is 280 g/mol. The highest BCUT2D eigenvalue weighted by Crippen LogP contribution is 2.30. The summed E-state index contributed by atoms with van der Waals surface area (Å²) in [6.45, 7) is 0. The fourth-order valence-corrected chi connectivity index (χ4v) is 1.87. The van der Waals surface area contributed by atoms with Crippen LogP contribution in [0.5, 0.6) is 17.2 Å². The molecule has 90 valence electrons. The number of aromatic hydroxyl groups is 1. The zero-order valence-electron chi connectivity index (χ0n) is 9.02. The molecule has 0 spiro atoms. The Balaban J connectivity index is 2.34. The second kappa shape index (κ2) is 5.18. The van der Waals surface area contributed by atoms with E-state index in [0.717, 1.165) is 0 Å². The van der Waals surface area contributed by atoms with E-state index < -0.39 is 0 Å². The third-order valence-corrected chi connectivity index (χ3v) is 2.53. The number of halogens is 2. The van der Waals surface area contributed by atoms with Gasteiger partial charge in [0.25, 0.3) is 0 Å². The fourth-order valence-electron chi connectivity index (χ4n) is 1.43. The highest BCUT2D eigenvalue weighted by molar-refractivity contribution is 6.31. The quantitative estimate of drug-likeness (QED) is 0.889. The molecule has 0 bridgehead atoms. The summed E-state index contributed by atoms with van der Waals surface area (Å²) in [6.07, 6.45) is 0. The second-order valence-corrected chi connectivity index (χ2v) is 4.41. The number of nitriles is 1. The summed E-state index contributed by atoms with van der Waals surface area (Å²) in [5.74, 6) is 0.770. The van der Waals surface area contributed by atoms with Crippen molar-refractivity contribution in [2.45, 2.75) is 0 Å². The van der Waals surface area contributed by atoms with E-state index in [1.807, 2.05) is 6.07 Å². The van der Waals surface area contributed by atoms with Crippen LogP contribution in [-0.4, -0.2) is 5.11 Å². The zero-order chi connectivity index (χ0) is 13.1. The highest BCUT2D eigenvalue weighted by Gasteiger charge is 2.04. The average Bonchev–Trinajstić information content (AvgIpc) is 2.26. The summed E-state index contributed by atoms with van der Waals surface area (Å²) in [5.41, 5.74) is 0.392. The maximum atomic E-state index is 9.38. The molecular formula is C13H7Cl2NO2. The molecule has 0 heterocycles. The van der Waals surface area contributed by atoms with Crippen LogP contribution in [0.15, 0.2) is 36.4 Å². The van der Waals surface area contributed by atoms with Gasteiger partial charge in [-0.05, 0) is 30.3 Å². The van der Waals surface area contributed by atoms with E-state index in [1.54, 1.807) is 18.2 Å². The van der Waals surface area contributed by atoms with Crippen molar-refractivity contribution in [2.75, 3.05) is 0 Å². The molecule has 0 aliphatic rings. The number of phenolic OH excluding ortho intramolecular Hbond substituents is 1. The first kappa shape index (κ1) is 12.6. The van der Waals surface area contributed by atoms with E-state index in [0.29, 0.717) is 27.1 Å². The molecule has 2 rings (SSSR count).